The Balaban J connectivity index is 2.04. The van der Waals surface area contributed by atoms with Crippen LogP contribution >= 0.6 is 11.8 Å². The molecule has 0 aliphatic carbocycles. The summed E-state index contributed by atoms with van der Waals surface area (Å²) in [5, 5.41) is 0.952. The topological polar surface area (TPSA) is 38.4 Å². The molecule has 1 aliphatic rings. The quantitative estimate of drug-likeness (QED) is 0.801. The number of nitrogens with zero attached hydrogens (tertiary/aromatic N) is 1. The molecule has 1 aliphatic heterocycles. The molecule has 1 heterocycles. The van der Waals surface area contributed by atoms with Crippen molar-refractivity contribution in [3.63, 3.8) is 0 Å². The average molecular weight is 204 g/mol. The lowest BCUT2D eigenvalue weighted by Gasteiger charge is -2.08. The van der Waals surface area contributed by atoms with Crippen LogP contribution < -0.4 is 5.73 Å². The minimum Gasteiger partial charge on any atom is -0.378 e. The summed E-state index contributed by atoms with van der Waals surface area (Å²) in [7, 11) is 0. The van der Waals surface area contributed by atoms with Crippen LogP contribution in [0.5, 0.6) is 0 Å². The molecule has 0 amide bonds. The summed E-state index contributed by atoms with van der Waals surface area (Å²) in [4.78, 5) is 4.13. The lowest BCUT2D eigenvalue weighted by molar-refractivity contribution is 0.966. The summed E-state index contributed by atoms with van der Waals surface area (Å²) in [6.07, 6.45) is 0.953. The van der Waals surface area contributed by atoms with E-state index in [9.17, 15) is 0 Å². The third-order valence-corrected chi connectivity index (χ3v) is 3.21. The Morgan fingerprint density at radius 1 is 1.36 bits per heavy atom. The van der Waals surface area contributed by atoms with Gasteiger partial charge in [0.1, 0.15) is 0 Å². The third-order valence-electron chi connectivity index (χ3n) is 2.15. The maximum Gasteiger partial charge on any atom is 0.159 e. The third kappa shape index (κ3) is 1.99. The number of aliphatic imine (C=N–C) groups is 1. The van der Waals surface area contributed by atoms with Crippen molar-refractivity contribution < 1.29 is 0 Å². The van der Waals surface area contributed by atoms with Crippen LogP contribution in [0.4, 0.5) is 0 Å². The first kappa shape index (κ1) is 9.34. The summed E-state index contributed by atoms with van der Waals surface area (Å²) in [5.41, 5.74) is 7.81. The monoisotopic (exact) mass is 204 g/mol. The molecule has 1 unspecified atom stereocenters. The van der Waals surface area contributed by atoms with Gasteiger partial charge < -0.3 is 5.73 Å². The summed E-state index contributed by atoms with van der Waals surface area (Å²) in [6.45, 7) is 3.89. The van der Waals surface area contributed by atoms with E-state index in [0.717, 1.165) is 12.1 Å². The molecule has 0 saturated carbocycles. The number of thioether (sulfide) groups is 1. The van der Waals surface area contributed by atoms with Crippen molar-refractivity contribution in [3.05, 3.63) is 48.2 Å². The first-order valence-electron chi connectivity index (χ1n) is 4.49. The molecule has 0 spiro atoms. The summed E-state index contributed by atoms with van der Waals surface area (Å²) in [6, 6.07) is 10.3. The van der Waals surface area contributed by atoms with Crippen LogP contribution in [0.25, 0.3) is 0 Å². The predicted octanol–water partition coefficient (Wildman–Crippen LogP) is 2.17. The van der Waals surface area contributed by atoms with Gasteiger partial charge in [-0.25, -0.2) is 4.99 Å². The maximum atomic E-state index is 5.62. The van der Waals surface area contributed by atoms with Gasteiger partial charge in [-0.3, -0.25) is 0 Å². The fourth-order valence-electron chi connectivity index (χ4n) is 1.44. The minimum atomic E-state index is 0.317. The summed E-state index contributed by atoms with van der Waals surface area (Å²) in [5.74, 6) is 0. The Labute approximate surface area is 87.9 Å². The van der Waals surface area contributed by atoms with Gasteiger partial charge in [-0.15, -0.1) is 0 Å². The molecule has 1 atom stereocenters. The molecule has 2 rings (SSSR count). The van der Waals surface area contributed by atoms with Crippen molar-refractivity contribution in [2.24, 2.45) is 10.7 Å². The van der Waals surface area contributed by atoms with Crippen LogP contribution in [0.2, 0.25) is 0 Å². The van der Waals surface area contributed by atoms with E-state index in [4.69, 9.17) is 5.73 Å². The number of nitrogens with two attached hydrogens (primary N) is 1. The second kappa shape index (κ2) is 3.88. The smallest absolute Gasteiger partial charge is 0.159 e. The van der Waals surface area contributed by atoms with Crippen molar-refractivity contribution in [1.82, 2.24) is 0 Å². The SMILES string of the molecule is C=C1N=C(N)SC1Cc1ccccc1. The highest BCUT2D eigenvalue weighted by atomic mass is 32.2. The fourth-order valence-corrected chi connectivity index (χ4v) is 2.37. The van der Waals surface area contributed by atoms with Gasteiger partial charge in [0.05, 0.1) is 5.25 Å². The standard InChI is InChI=1S/C11H12N2S/c1-8-10(14-11(12)13-8)7-9-5-3-2-4-6-9/h2-6,10H,1,7H2,(H2,12,13). The number of rotatable bonds is 2. The Morgan fingerprint density at radius 2 is 2.07 bits per heavy atom. The van der Waals surface area contributed by atoms with Gasteiger partial charge in [0.15, 0.2) is 5.17 Å². The molecule has 0 fully saturated rings. The zero-order valence-corrected chi connectivity index (χ0v) is 8.63. The zero-order valence-electron chi connectivity index (χ0n) is 7.81. The molecule has 14 heavy (non-hydrogen) atoms. The highest BCUT2D eigenvalue weighted by Crippen LogP contribution is 2.29. The Morgan fingerprint density at radius 3 is 2.64 bits per heavy atom. The van der Waals surface area contributed by atoms with Crippen LogP contribution in [0.15, 0.2) is 47.6 Å². The molecular formula is C11H12N2S. The van der Waals surface area contributed by atoms with Gasteiger partial charge >= 0.3 is 0 Å². The molecule has 2 N–H and O–H groups in total. The molecular weight excluding hydrogens is 192 g/mol. The second-order valence-electron chi connectivity index (χ2n) is 3.24. The van der Waals surface area contributed by atoms with E-state index in [1.54, 1.807) is 11.8 Å². The van der Waals surface area contributed by atoms with Crippen molar-refractivity contribution in [1.29, 1.82) is 0 Å². The highest BCUT2D eigenvalue weighted by molar-refractivity contribution is 8.14. The van der Waals surface area contributed by atoms with Crippen LogP contribution in [0.1, 0.15) is 5.56 Å². The zero-order chi connectivity index (χ0) is 9.97. The lowest BCUT2D eigenvalue weighted by atomic mass is 10.1. The molecule has 0 bridgehead atoms. The fraction of sp³-hybridized carbons (Fsp3) is 0.182. The summed E-state index contributed by atoms with van der Waals surface area (Å²) < 4.78 is 0. The molecule has 3 heteroatoms. The Kier molecular flexibility index (Phi) is 2.59. The van der Waals surface area contributed by atoms with E-state index >= 15 is 0 Å². The lowest BCUT2D eigenvalue weighted by Crippen LogP contribution is -2.08. The van der Waals surface area contributed by atoms with Crippen LogP contribution in [0, 0.1) is 0 Å². The van der Waals surface area contributed by atoms with E-state index in [2.05, 4.69) is 23.7 Å². The van der Waals surface area contributed by atoms with Gasteiger partial charge in [0.2, 0.25) is 0 Å². The molecule has 2 nitrogen and oxygen atoms in total. The van der Waals surface area contributed by atoms with Gasteiger partial charge in [-0.05, 0) is 12.0 Å². The predicted molar refractivity (Wildman–Crippen MR) is 62.3 cm³/mol. The Bertz CT molecular complexity index is 370. The first-order chi connectivity index (χ1) is 6.75. The first-order valence-corrected chi connectivity index (χ1v) is 5.37. The van der Waals surface area contributed by atoms with Crippen LogP contribution in [-0.2, 0) is 6.42 Å². The largest absolute Gasteiger partial charge is 0.378 e. The van der Waals surface area contributed by atoms with E-state index in [1.165, 1.54) is 5.56 Å². The molecule has 72 valence electrons. The normalized spacial score (nSPS) is 21.0. The van der Waals surface area contributed by atoms with E-state index in [1.807, 2.05) is 18.2 Å². The number of amidine groups is 1. The van der Waals surface area contributed by atoms with Crippen molar-refractivity contribution in [2.75, 3.05) is 0 Å². The maximum absolute atomic E-state index is 5.62. The number of hydrogen-bond acceptors (Lipinski definition) is 3. The molecule has 0 saturated heterocycles. The average Bonchev–Trinajstić information content (AvgIpc) is 2.47. The second-order valence-corrected chi connectivity index (χ2v) is 4.46. The van der Waals surface area contributed by atoms with Crippen LogP contribution in [-0.4, -0.2) is 10.4 Å². The summed E-state index contributed by atoms with van der Waals surface area (Å²) >= 11 is 1.60. The molecule has 1 aromatic carbocycles. The van der Waals surface area contributed by atoms with E-state index in [0.29, 0.717) is 10.4 Å². The van der Waals surface area contributed by atoms with Gasteiger partial charge in [-0.1, -0.05) is 48.7 Å². The molecule has 0 radical (unpaired) electrons. The highest BCUT2D eigenvalue weighted by Gasteiger charge is 2.21. The number of benzene rings is 1. The van der Waals surface area contributed by atoms with Gasteiger partial charge in [0, 0.05) is 5.70 Å². The van der Waals surface area contributed by atoms with Crippen molar-refractivity contribution in [3.8, 4) is 0 Å². The van der Waals surface area contributed by atoms with Crippen LogP contribution in [0.3, 0.4) is 0 Å². The minimum absolute atomic E-state index is 0.317. The Hall–Kier alpha value is -1.22. The number of hydrogen-bond donors (Lipinski definition) is 1. The van der Waals surface area contributed by atoms with Gasteiger partial charge in [0.25, 0.3) is 0 Å². The molecule has 0 aromatic heterocycles. The van der Waals surface area contributed by atoms with Crippen molar-refractivity contribution >= 4 is 16.9 Å². The van der Waals surface area contributed by atoms with Crippen molar-refractivity contribution in [2.45, 2.75) is 11.7 Å². The molecule has 1 aromatic rings. The van der Waals surface area contributed by atoms with Gasteiger partial charge in [-0.2, -0.15) is 0 Å². The van der Waals surface area contributed by atoms with E-state index in [-0.39, 0.29) is 0 Å². The van der Waals surface area contributed by atoms with E-state index < -0.39 is 0 Å².